The Morgan fingerprint density at radius 3 is 2.53 bits per heavy atom. The summed E-state index contributed by atoms with van der Waals surface area (Å²) >= 11 is 5.91. The van der Waals surface area contributed by atoms with Gasteiger partial charge in [-0.2, -0.15) is 0 Å². The van der Waals surface area contributed by atoms with Gasteiger partial charge in [0.25, 0.3) is 5.56 Å². The lowest BCUT2D eigenvalue weighted by molar-refractivity contribution is 0.0823. The van der Waals surface area contributed by atoms with Crippen LogP contribution >= 0.6 is 11.6 Å². The van der Waals surface area contributed by atoms with Crippen molar-refractivity contribution in [3.05, 3.63) is 37.6 Å². The Morgan fingerprint density at radius 1 is 1.26 bits per heavy atom. The molecule has 0 fully saturated rings. The fourth-order valence-electron chi connectivity index (χ4n) is 2.39. The summed E-state index contributed by atoms with van der Waals surface area (Å²) in [5, 5.41) is 18.8. The molecule has 1 heterocycles. The van der Waals surface area contributed by atoms with Crippen LogP contribution in [0.4, 0.5) is 0 Å². The number of hydrogen-bond donors (Lipinski definition) is 4. The highest BCUT2D eigenvalue weighted by molar-refractivity contribution is 6.31. The Hall–Kier alpha value is -1.37. The molecule has 0 atom stereocenters. The van der Waals surface area contributed by atoms with Crippen molar-refractivity contribution in [2.24, 2.45) is 5.41 Å². The molecule has 0 aromatic carbocycles. The average molecular weight is 287 g/mol. The SMILES string of the molecule is O=c1[nH]c(Cl)c(C2=CC(CO)(CO)CCC2)c(=O)[nH]1. The summed E-state index contributed by atoms with van der Waals surface area (Å²) < 4.78 is 0. The van der Waals surface area contributed by atoms with Crippen LogP contribution in [0.1, 0.15) is 24.8 Å². The first-order valence-corrected chi connectivity index (χ1v) is 6.35. The van der Waals surface area contributed by atoms with Crippen LogP contribution in [0.5, 0.6) is 0 Å². The van der Waals surface area contributed by atoms with E-state index in [0.717, 1.165) is 6.42 Å². The summed E-state index contributed by atoms with van der Waals surface area (Å²) in [5.74, 6) is 0. The van der Waals surface area contributed by atoms with Crippen molar-refractivity contribution in [2.45, 2.75) is 19.3 Å². The standard InChI is InChI=1S/C12H15ClN2O4/c13-9-8(10(18)15-11(19)14-9)7-2-1-3-12(4-7,5-16)6-17/h4,16-17H,1-3,5-6H2,(H2,14,15,18,19). The molecular formula is C12H15ClN2O4. The van der Waals surface area contributed by atoms with Crippen LogP contribution in [0.2, 0.25) is 5.15 Å². The zero-order valence-corrected chi connectivity index (χ0v) is 11.0. The van der Waals surface area contributed by atoms with Gasteiger partial charge in [-0.05, 0) is 24.8 Å². The maximum absolute atomic E-state index is 11.8. The molecule has 1 aliphatic carbocycles. The molecule has 0 amide bonds. The number of aromatic nitrogens is 2. The van der Waals surface area contributed by atoms with Crippen molar-refractivity contribution < 1.29 is 10.2 Å². The Kier molecular flexibility index (Phi) is 3.93. The van der Waals surface area contributed by atoms with E-state index >= 15 is 0 Å². The van der Waals surface area contributed by atoms with Crippen molar-refractivity contribution in [2.75, 3.05) is 13.2 Å². The fourth-order valence-corrected chi connectivity index (χ4v) is 2.68. The van der Waals surface area contributed by atoms with Crippen LogP contribution in [0.3, 0.4) is 0 Å². The Balaban J connectivity index is 2.56. The fraction of sp³-hybridized carbons (Fsp3) is 0.500. The molecule has 4 N–H and O–H groups in total. The van der Waals surface area contributed by atoms with Crippen LogP contribution in [0.15, 0.2) is 15.7 Å². The van der Waals surface area contributed by atoms with E-state index in [-0.39, 0.29) is 23.9 Å². The predicted octanol–water partition coefficient (Wildman–Crippen LogP) is 0.255. The van der Waals surface area contributed by atoms with E-state index in [9.17, 15) is 19.8 Å². The van der Waals surface area contributed by atoms with E-state index in [4.69, 9.17) is 11.6 Å². The highest BCUT2D eigenvalue weighted by atomic mass is 35.5. The molecule has 0 saturated heterocycles. The van der Waals surface area contributed by atoms with E-state index in [1.165, 1.54) is 0 Å². The molecule has 6 nitrogen and oxygen atoms in total. The maximum atomic E-state index is 11.8. The van der Waals surface area contributed by atoms with Crippen molar-refractivity contribution in [3.8, 4) is 0 Å². The van der Waals surface area contributed by atoms with Gasteiger partial charge in [-0.15, -0.1) is 0 Å². The monoisotopic (exact) mass is 286 g/mol. The molecule has 1 aromatic rings. The molecule has 0 bridgehead atoms. The number of nitrogens with one attached hydrogen (secondary N) is 2. The topological polar surface area (TPSA) is 106 Å². The minimum Gasteiger partial charge on any atom is -0.395 e. The first-order valence-electron chi connectivity index (χ1n) is 5.97. The number of allylic oxidation sites excluding steroid dienone is 1. The molecule has 7 heteroatoms. The zero-order chi connectivity index (χ0) is 14.0. The molecular weight excluding hydrogens is 272 g/mol. The predicted molar refractivity (Wildman–Crippen MR) is 71.1 cm³/mol. The molecule has 1 aliphatic rings. The number of H-pyrrole nitrogens is 2. The van der Waals surface area contributed by atoms with Crippen LogP contribution in [0.25, 0.3) is 5.57 Å². The minimum atomic E-state index is -0.737. The zero-order valence-electron chi connectivity index (χ0n) is 10.2. The lowest BCUT2D eigenvalue weighted by Gasteiger charge is -2.31. The van der Waals surface area contributed by atoms with Gasteiger partial charge in [0, 0.05) is 5.41 Å². The van der Waals surface area contributed by atoms with E-state index in [2.05, 4.69) is 9.97 Å². The number of aromatic amines is 2. The first kappa shape index (κ1) is 14.0. The van der Waals surface area contributed by atoms with Gasteiger partial charge in [0.15, 0.2) is 0 Å². The largest absolute Gasteiger partial charge is 0.395 e. The van der Waals surface area contributed by atoms with E-state index < -0.39 is 16.7 Å². The maximum Gasteiger partial charge on any atom is 0.326 e. The second-order valence-electron chi connectivity index (χ2n) is 4.80. The van der Waals surface area contributed by atoms with Crippen LogP contribution < -0.4 is 11.2 Å². The number of aliphatic hydroxyl groups excluding tert-OH is 2. The van der Waals surface area contributed by atoms with Crippen molar-refractivity contribution in [3.63, 3.8) is 0 Å². The Labute approximate surface area is 113 Å². The van der Waals surface area contributed by atoms with Gasteiger partial charge >= 0.3 is 5.69 Å². The van der Waals surface area contributed by atoms with E-state index in [1.54, 1.807) is 6.08 Å². The lowest BCUT2D eigenvalue weighted by atomic mass is 9.76. The van der Waals surface area contributed by atoms with Crippen LogP contribution in [-0.4, -0.2) is 33.4 Å². The van der Waals surface area contributed by atoms with Crippen LogP contribution in [0, 0.1) is 5.41 Å². The molecule has 19 heavy (non-hydrogen) atoms. The number of hydrogen-bond acceptors (Lipinski definition) is 4. The van der Waals surface area contributed by atoms with Gasteiger partial charge in [0.05, 0.1) is 18.8 Å². The van der Waals surface area contributed by atoms with Crippen molar-refractivity contribution in [1.82, 2.24) is 9.97 Å². The molecule has 0 unspecified atom stereocenters. The van der Waals surface area contributed by atoms with Gasteiger partial charge < -0.3 is 10.2 Å². The van der Waals surface area contributed by atoms with Gasteiger partial charge in [-0.25, -0.2) is 4.79 Å². The third-order valence-corrected chi connectivity index (χ3v) is 3.73. The third kappa shape index (κ3) is 2.65. The highest BCUT2D eigenvalue weighted by Crippen LogP contribution is 2.37. The third-order valence-electron chi connectivity index (χ3n) is 3.45. The summed E-state index contributed by atoms with van der Waals surface area (Å²) in [6.07, 6.45) is 3.66. The summed E-state index contributed by atoms with van der Waals surface area (Å²) in [7, 11) is 0. The molecule has 0 saturated carbocycles. The Bertz CT molecular complexity index is 613. The molecule has 0 radical (unpaired) electrons. The Morgan fingerprint density at radius 2 is 1.95 bits per heavy atom. The molecule has 1 aromatic heterocycles. The van der Waals surface area contributed by atoms with Crippen LogP contribution in [-0.2, 0) is 0 Å². The first-order chi connectivity index (χ1) is 9.01. The number of aliphatic hydroxyl groups is 2. The molecule has 0 spiro atoms. The summed E-state index contributed by atoms with van der Waals surface area (Å²) in [5.41, 5.74) is -1.12. The van der Waals surface area contributed by atoms with Crippen molar-refractivity contribution >= 4 is 17.2 Å². The second kappa shape index (κ2) is 5.32. The highest BCUT2D eigenvalue weighted by Gasteiger charge is 2.31. The molecule has 104 valence electrons. The molecule has 2 rings (SSSR count). The van der Waals surface area contributed by atoms with Gasteiger partial charge in [-0.1, -0.05) is 17.7 Å². The summed E-state index contributed by atoms with van der Waals surface area (Å²) in [6.45, 7) is -0.405. The lowest BCUT2D eigenvalue weighted by Crippen LogP contribution is -2.32. The van der Waals surface area contributed by atoms with E-state index in [0.29, 0.717) is 18.4 Å². The quantitative estimate of drug-likeness (QED) is 0.598. The van der Waals surface area contributed by atoms with Crippen molar-refractivity contribution in [1.29, 1.82) is 0 Å². The number of rotatable bonds is 3. The smallest absolute Gasteiger partial charge is 0.326 e. The summed E-state index contributed by atoms with van der Waals surface area (Å²) in [4.78, 5) is 27.4. The minimum absolute atomic E-state index is 0.0216. The van der Waals surface area contributed by atoms with Gasteiger partial charge in [-0.3, -0.25) is 14.8 Å². The average Bonchev–Trinajstić information content (AvgIpc) is 2.37. The van der Waals surface area contributed by atoms with Gasteiger partial charge in [0.1, 0.15) is 5.15 Å². The normalized spacial score (nSPS) is 18.2. The second-order valence-corrected chi connectivity index (χ2v) is 5.18. The number of halogens is 1. The molecule has 0 aliphatic heterocycles. The van der Waals surface area contributed by atoms with Gasteiger partial charge in [0.2, 0.25) is 0 Å². The summed E-state index contributed by atoms with van der Waals surface area (Å²) in [6, 6.07) is 0. The van der Waals surface area contributed by atoms with E-state index in [1.807, 2.05) is 0 Å².